The molecule has 1 atom stereocenters. The minimum Gasteiger partial charge on any atom is -0.398 e. The standard InChI is InChI=1S/C25H23N5O2S/c1-4-6-16(5-2)7-9-19-10-12-21(33-19)23-22(15(3)28-25(32)30-23)24(31)29-18-8-11-20(27)17(13-18)14-26/h4-6,8,10-14,23,26H,1-2,27H2,3H3,(H,29,31)(H2,28,30,32)/b16-6+,26-14?. The number of carbonyl (C=O) groups is 2. The monoisotopic (exact) mass is 457 g/mol. The number of urea groups is 1. The van der Waals surface area contributed by atoms with E-state index < -0.39 is 12.1 Å². The van der Waals surface area contributed by atoms with Gasteiger partial charge in [-0.25, -0.2) is 4.79 Å². The largest absolute Gasteiger partial charge is 0.398 e. The third-order valence-corrected chi connectivity index (χ3v) is 5.84. The first-order valence-electron chi connectivity index (χ1n) is 9.92. The number of thiophene rings is 1. The van der Waals surface area contributed by atoms with Crippen molar-refractivity contribution in [1.29, 1.82) is 5.41 Å². The van der Waals surface area contributed by atoms with Gasteiger partial charge in [0.15, 0.2) is 0 Å². The SMILES string of the molecule is C=C/C=C(/C#Cc1ccc(C2NC(=O)NC(C)=C2C(=O)Nc2ccc(N)c(C=N)c2)s1)C=C. The lowest BCUT2D eigenvalue weighted by molar-refractivity contribution is -0.113. The van der Waals surface area contributed by atoms with E-state index >= 15 is 0 Å². The quantitative estimate of drug-likeness (QED) is 0.193. The molecular weight excluding hydrogens is 434 g/mol. The van der Waals surface area contributed by atoms with E-state index in [0.717, 1.165) is 21.5 Å². The van der Waals surface area contributed by atoms with Crippen LogP contribution in [0, 0.1) is 17.3 Å². The zero-order chi connectivity index (χ0) is 24.0. The number of hydrogen-bond acceptors (Lipinski definition) is 5. The molecule has 1 unspecified atom stereocenters. The van der Waals surface area contributed by atoms with Crippen LogP contribution in [0.3, 0.4) is 0 Å². The molecular formula is C25H23N5O2S. The summed E-state index contributed by atoms with van der Waals surface area (Å²) >= 11 is 1.39. The molecule has 0 saturated carbocycles. The number of nitrogens with one attached hydrogen (secondary N) is 4. The maximum atomic E-state index is 13.2. The summed E-state index contributed by atoms with van der Waals surface area (Å²) in [5.74, 6) is 5.70. The van der Waals surface area contributed by atoms with E-state index in [1.807, 2.05) is 12.1 Å². The molecule has 0 saturated heterocycles. The van der Waals surface area contributed by atoms with Crippen LogP contribution in [0.2, 0.25) is 0 Å². The summed E-state index contributed by atoms with van der Waals surface area (Å²) in [7, 11) is 0. The van der Waals surface area contributed by atoms with Gasteiger partial charge < -0.3 is 27.1 Å². The molecule has 1 aliphatic heterocycles. The number of anilines is 2. The summed E-state index contributed by atoms with van der Waals surface area (Å²) in [6, 6.07) is 7.55. The fourth-order valence-corrected chi connectivity index (χ4v) is 4.10. The highest BCUT2D eigenvalue weighted by Gasteiger charge is 2.32. The first-order chi connectivity index (χ1) is 15.9. The highest BCUT2D eigenvalue weighted by atomic mass is 32.1. The first kappa shape index (κ1) is 23.3. The minimum absolute atomic E-state index is 0.377. The molecule has 3 amide bonds. The Morgan fingerprint density at radius 2 is 2.09 bits per heavy atom. The van der Waals surface area contributed by atoms with Gasteiger partial charge >= 0.3 is 6.03 Å². The Balaban J connectivity index is 1.91. The van der Waals surface area contributed by atoms with Gasteiger partial charge in [-0.15, -0.1) is 11.3 Å². The fourth-order valence-electron chi connectivity index (χ4n) is 3.18. The van der Waals surface area contributed by atoms with Crippen molar-refractivity contribution >= 4 is 40.9 Å². The summed E-state index contributed by atoms with van der Waals surface area (Å²) < 4.78 is 0. The Morgan fingerprint density at radius 3 is 2.79 bits per heavy atom. The fraction of sp³-hybridized carbons (Fsp3) is 0.0800. The number of amides is 3. The summed E-state index contributed by atoms with van der Waals surface area (Å²) in [5, 5.41) is 15.8. The third-order valence-electron chi connectivity index (χ3n) is 4.77. The molecule has 0 spiro atoms. The number of carbonyl (C=O) groups excluding carboxylic acids is 2. The Morgan fingerprint density at radius 1 is 1.30 bits per heavy atom. The van der Waals surface area contributed by atoms with Gasteiger partial charge in [-0.05, 0) is 43.3 Å². The molecule has 1 aliphatic rings. The molecule has 3 rings (SSSR count). The molecule has 7 nitrogen and oxygen atoms in total. The Bertz CT molecular complexity index is 1270. The van der Waals surface area contributed by atoms with E-state index in [2.05, 4.69) is 40.9 Å². The van der Waals surface area contributed by atoms with Gasteiger partial charge in [0.05, 0.1) is 16.5 Å². The lowest BCUT2D eigenvalue weighted by atomic mass is 10.0. The predicted molar refractivity (Wildman–Crippen MR) is 134 cm³/mol. The van der Waals surface area contributed by atoms with Crippen LogP contribution in [0.25, 0.3) is 0 Å². The Kier molecular flexibility index (Phi) is 7.28. The van der Waals surface area contributed by atoms with Crippen molar-refractivity contribution < 1.29 is 9.59 Å². The Labute approximate surface area is 196 Å². The number of benzene rings is 1. The van der Waals surface area contributed by atoms with Crippen LogP contribution in [-0.2, 0) is 4.79 Å². The van der Waals surface area contributed by atoms with Crippen LogP contribution < -0.4 is 21.7 Å². The maximum Gasteiger partial charge on any atom is 0.319 e. The van der Waals surface area contributed by atoms with Crippen LogP contribution in [0.15, 0.2) is 78.6 Å². The number of nitrogens with two attached hydrogens (primary N) is 1. The van der Waals surface area contributed by atoms with Crippen LogP contribution in [-0.4, -0.2) is 18.2 Å². The highest BCUT2D eigenvalue weighted by Crippen LogP contribution is 2.32. The lowest BCUT2D eigenvalue weighted by Gasteiger charge is -2.27. The van der Waals surface area contributed by atoms with Gasteiger partial charge in [0.1, 0.15) is 0 Å². The van der Waals surface area contributed by atoms with Crippen molar-refractivity contribution in [2.24, 2.45) is 0 Å². The molecule has 1 aromatic heterocycles. The van der Waals surface area contributed by atoms with Crippen molar-refractivity contribution in [3.05, 3.63) is 93.9 Å². The normalized spacial score (nSPS) is 15.5. The third kappa shape index (κ3) is 5.47. The molecule has 1 aromatic carbocycles. The van der Waals surface area contributed by atoms with Crippen LogP contribution in [0.5, 0.6) is 0 Å². The highest BCUT2D eigenvalue weighted by molar-refractivity contribution is 7.12. The average molecular weight is 458 g/mol. The summed E-state index contributed by atoms with van der Waals surface area (Å²) in [6.07, 6.45) is 6.17. The predicted octanol–water partition coefficient (Wildman–Crippen LogP) is 4.24. The number of nitrogen functional groups attached to an aromatic ring is 1. The molecule has 0 aliphatic carbocycles. The number of hydrogen-bond donors (Lipinski definition) is 5. The number of rotatable bonds is 6. The van der Waals surface area contributed by atoms with Gasteiger partial charge in [-0.2, -0.15) is 0 Å². The summed E-state index contributed by atoms with van der Waals surface area (Å²) in [5.41, 5.74) is 8.82. The van der Waals surface area contributed by atoms with Gasteiger partial charge in [0, 0.05) is 39.3 Å². The molecule has 8 heteroatoms. The van der Waals surface area contributed by atoms with Crippen molar-refractivity contribution in [2.45, 2.75) is 13.0 Å². The molecule has 0 bridgehead atoms. The molecule has 166 valence electrons. The van der Waals surface area contributed by atoms with Gasteiger partial charge in [-0.1, -0.05) is 37.2 Å². The first-order valence-corrected chi connectivity index (χ1v) is 10.7. The van der Waals surface area contributed by atoms with Crippen LogP contribution >= 0.6 is 11.3 Å². The molecule has 0 fully saturated rings. The maximum absolute atomic E-state index is 13.2. The van der Waals surface area contributed by atoms with Gasteiger partial charge in [0.2, 0.25) is 0 Å². The van der Waals surface area contributed by atoms with E-state index in [0.29, 0.717) is 28.2 Å². The van der Waals surface area contributed by atoms with Crippen molar-refractivity contribution in [1.82, 2.24) is 10.6 Å². The van der Waals surface area contributed by atoms with E-state index in [1.54, 1.807) is 43.4 Å². The summed E-state index contributed by atoms with van der Waals surface area (Å²) in [6.45, 7) is 9.06. The molecule has 33 heavy (non-hydrogen) atoms. The molecule has 2 heterocycles. The lowest BCUT2D eigenvalue weighted by Crippen LogP contribution is -2.45. The number of allylic oxidation sites excluding steroid dienone is 5. The average Bonchev–Trinajstić information content (AvgIpc) is 3.26. The van der Waals surface area contributed by atoms with Crippen molar-refractivity contribution in [3.63, 3.8) is 0 Å². The molecule has 0 radical (unpaired) electrons. The van der Waals surface area contributed by atoms with Crippen LogP contribution in [0.1, 0.15) is 28.3 Å². The van der Waals surface area contributed by atoms with Crippen LogP contribution in [0.4, 0.5) is 16.2 Å². The minimum atomic E-state index is -0.641. The zero-order valence-corrected chi connectivity index (χ0v) is 18.8. The second-order valence-corrected chi connectivity index (χ2v) is 8.14. The van der Waals surface area contributed by atoms with E-state index in [9.17, 15) is 9.59 Å². The van der Waals surface area contributed by atoms with E-state index in [-0.39, 0.29) is 5.91 Å². The summed E-state index contributed by atoms with van der Waals surface area (Å²) in [4.78, 5) is 26.9. The van der Waals surface area contributed by atoms with Crippen molar-refractivity contribution in [2.75, 3.05) is 11.1 Å². The van der Waals surface area contributed by atoms with E-state index in [1.165, 1.54) is 11.3 Å². The van der Waals surface area contributed by atoms with E-state index in [4.69, 9.17) is 11.1 Å². The topological polar surface area (TPSA) is 120 Å². The molecule has 6 N–H and O–H groups in total. The second-order valence-electron chi connectivity index (χ2n) is 7.03. The smallest absolute Gasteiger partial charge is 0.319 e. The van der Waals surface area contributed by atoms with Crippen molar-refractivity contribution in [3.8, 4) is 11.8 Å². The Hall–Kier alpha value is -4.35. The van der Waals surface area contributed by atoms with Gasteiger partial charge in [-0.3, -0.25) is 4.79 Å². The van der Waals surface area contributed by atoms with Gasteiger partial charge in [0.25, 0.3) is 5.91 Å². The second kappa shape index (κ2) is 10.3. The zero-order valence-electron chi connectivity index (χ0n) is 18.0. The molecule has 2 aromatic rings.